The standard InChI is InChI=1S/C13H13Cl2NO2.C2H6/c1-6-5-16-13-11(6)10(4-9(14)12(13)15)18-8-2-7(17)3-8;1-2/h4-5,7-8,16-17H,2-3H2,1H3;1-2H3. The molecule has 1 saturated carbocycles. The average Bonchev–Trinajstić information content (AvgIpc) is 2.79. The van der Waals surface area contributed by atoms with E-state index in [1.54, 1.807) is 6.07 Å². The Bertz CT molecular complexity index is 603. The maximum absolute atomic E-state index is 9.29. The highest BCUT2D eigenvalue weighted by Gasteiger charge is 2.30. The summed E-state index contributed by atoms with van der Waals surface area (Å²) in [6.07, 6.45) is 3.06. The minimum absolute atomic E-state index is 0.0646. The van der Waals surface area contributed by atoms with Crippen LogP contribution in [0.3, 0.4) is 0 Å². The molecule has 0 radical (unpaired) electrons. The zero-order chi connectivity index (χ0) is 14.9. The topological polar surface area (TPSA) is 45.2 Å². The third-order valence-corrected chi connectivity index (χ3v) is 4.16. The molecular formula is C15H19Cl2NO2. The second-order valence-electron chi connectivity index (χ2n) is 4.76. The molecule has 3 rings (SSSR count). The predicted molar refractivity (Wildman–Crippen MR) is 84.1 cm³/mol. The van der Waals surface area contributed by atoms with Crippen LogP contribution < -0.4 is 4.74 Å². The van der Waals surface area contributed by atoms with Crippen molar-refractivity contribution in [3.8, 4) is 5.75 Å². The van der Waals surface area contributed by atoms with E-state index in [9.17, 15) is 5.11 Å². The van der Waals surface area contributed by atoms with Gasteiger partial charge in [-0.2, -0.15) is 0 Å². The highest BCUT2D eigenvalue weighted by atomic mass is 35.5. The molecule has 1 aromatic heterocycles. The molecule has 1 aliphatic carbocycles. The normalized spacial score (nSPS) is 21.1. The van der Waals surface area contributed by atoms with E-state index in [-0.39, 0.29) is 12.2 Å². The van der Waals surface area contributed by atoms with Gasteiger partial charge in [-0.3, -0.25) is 0 Å². The Balaban J connectivity index is 0.000000704. The summed E-state index contributed by atoms with van der Waals surface area (Å²) in [5.41, 5.74) is 1.87. The van der Waals surface area contributed by atoms with Crippen molar-refractivity contribution in [1.82, 2.24) is 4.98 Å². The molecule has 0 atom stereocenters. The fraction of sp³-hybridized carbons (Fsp3) is 0.467. The molecule has 1 heterocycles. The Morgan fingerprint density at radius 3 is 2.55 bits per heavy atom. The zero-order valence-corrected chi connectivity index (χ0v) is 13.3. The van der Waals surface area contributed by atoms with Gasteiger partial charge in [-0.25, -0.2) is 0 Å². The molecule has 20 heavy (non-hydrogen) atoms. The number of aromatic amines is 1. The number of rotatable bonds is 2. The number of aliphatic hydroxyl groups excluding tert-OH is 1. The molecule has 5 heteroatoms. The van der Waals surface area contributed by atoms with Crippen LogP contribution in [0.5, 0.6) is 5.75 Å². The molecule has 110 valence electrons. The van der Waals surface area contributed by atoms with E-state index in [1.807, 2.05) is 27.0 Å². The van der Waals surface area contributed by atoms with E-state index in [0.717, 1.165) is 22.2 Å². The number of aromatic nitrogens is 1. The molecule has 0 aliphatic heterocycles. The smallest absolute Gasteiger partial charge is 0.130 e. The summed E-state index contributed by atoms with van der Waals surface area (Å²) >= 11 is 12.3. The van der Waals surface area contributed by atoms with Gasteiger partial charge in [0, 0.05) is 30.5 Å². The van der Waals surface area contributed by atoms with Crippen molar-refractivity contribution in [3.63, 3.8) is 0 Å². The fourth-order valence-corrected chi connectivity index (χ4v) is 2.69. The Morgan fingerprint density at radius 1 is 1.30 bits per heavy atom. The van der Waals surface area contributed by atoms with Gasteiger partial charge in [-0.05, 0) is 12.5 Å². The second-order valence-corrected chi connectivity index (χ2v) is 5.54. The van der Waals surface area contributed by atoms with E-state index in [1.165, 1.54) is 0 Å². The lowest BCUT2D eigenvalue weighted by Crippen LogP contribution is -2.37. The van der Waals surface area contributed by atoms with Gasteiger partial charge in [0.25, 0.3) is 0 Å². The van der Waals surface area contributed by atoms with Gasteiger partial charge in [0.05, 0.1) is 21.7 Å². The number of hydrogen-bond donors (Lipinski definition) is 2. The SMILES string of the molecule is CC.Cc1c[nH]c2c(Cl)c(Cl)cc(OC3CC(O)C3)c12. The van der Waals surface area contributed by atoms with Crippen LogP contribution in [0.25, 0.3) is 10.9 Å². The first-order chi connectivity index (χ1) is 9.56. The van der Waals surface area contributed by atoms with Crippen LogP contribution in [0.1, 0.15) is 32.3 Å². The summed E-state index contributed by atoms with van der Waals surface area (Å²) < 4.78 is 5.89. The Kier molecular flexibility index (Phi) is 4.84. The monoisotopic (exact) mass is 315 g/mol. The quantitative estimate of drug-likeness (QED) is 0.842. The number of aliphatic hydroxyl groups is 1. The van der Waals surface area contributed by atoms with E-state index in [4.69, 9.17) is 27.9 Å². The van der Waals surface area contributed by atoms with E-state index in [2.05, 4.69) is 4.98 Å². The molecule has 0 bridgehead atoms. The van der Waals surface area contributed by atoms with Gasteiger partial charge in [-0.15, -0.1) is 0 Å². The van der Waals surface area contributed by atoms with Crippen molar-refractivity contribution < 1.29 is 9.84 Å². The summed E-state index contributed by atoms with van der Waals surface area (Å²) in [6, 6.07) is 1.75. The molecular weight excluding hydrogens is 297 g/mol. The highest BCUT2D eigenvalue weighted by Crippen LogP contribution is 2.40. The number of ether oxygens (including phenoxy) is 1. The van der Waals surface area contributed by atoms with Gasteiger partial charge >= 0.3 is 0 Å². The van der Waals surface area contributed by atoms with Crippen LogP contribution in [-0.2, 0) is 0 Å². The van der Waals surface area contributed by atoms with Crippen LogP contribution in [0, 0.1) is 6.92 Å². The molecule has 2 N–H and O–H groups in total. The maximum Gasteiger partial charge on any atom is 0.130 e. The molecule has 2 aromatic rings. The Labute approximate surface area is 128 Å². The van der Waals surface area contributed by atoms with Gasteiger partial charge < -0.3 is 14.8 Å². The number of benzene rings is 1. The van der Waals surface area contributed by atoms with Gasteiger partial charge in [0.1, 0.15) is 11.9 Å². The van der Waals surface area contributed by atoms with E-state index < -0.39 is 0 Å². The third-order valence-electron chi connectivity index (χ3n) is 3.37. The Hall–Kier alpha value is -0.900. The lowest BCUT2D eigenvalue weighted by atomic mass is 9.92. The first kappa shape index (κ1) is 15.5. The van der Waals surface area contributed by atoms with Crippen LogP contribution in [-0.4, -0.2) is 22.3 Å². The largest absolute Gasteiger partial charge is 0.489 e. The Morgan fingerprint density at radius 2 is 1.95 bits per heavy atom. The molecule has 1 aromatic carbocycles. The summed E-state index contributed by atoms with van der Waals surface area (Å²) in [7, 11) is 0. The summed E-state index contributed by atoms with van der Waals surface area (Å²) in [5, 5.41) is 11.2. The summed E-state index contributed by atoms with van der Waals surface area (Å²) in [6.45, 7) is 5.99. The zero-order valence-electron chi connectivity index (χ0n) is 11.8. The van der Waals surface area contributed by atoms with E-state index >= 15 is 0 Å². The van der Waals surface area contributed by atoms with Gasteiger partial charge in [0.15, 0.2) is 0 Å². The first-order valence-corrected chi connectivity index (χ1v) is 7.62. The lowest BCUT2D eigenvalue weighted by Gasteiger charge is -2.32. The number of fused-ring (bicyclic) bond motifs is 1. The van der Waals surface area contributed by atoms with Crippen molar-refractivity contribution >= 4 is 34.1 Å². The molecule has 1 fully saturated rings. The fourth-order valence-electron chi connectivity index (χ4n) is 2.29. The average molecular weight is 316 g/mol. The van der Waals surface area contributed by atoms with Crippen molar-refractivity contribution in [2.24, 2.45) is 0 Å². The van der Waals surface area contributed by atoms with Crippen LogP contribution >= 0.6 is 23.2 Å². The van der Waals surface area contributed by atoms with Crippen molar-refractivity contribution in [2.75, 3.05) is 0 Å². The van der Waals surface area contributed by atoms with Crippen LogP contribution in [0.2, 0.25) is 10.0 Å². The number of aryl methyl sites for hydroxylation is 1. The predicted octanol–water partition coefficient (Wildman–Crippen LogP) is 4.71. The van der Waals surface area contributed by atoms with Crippen LogP contribution in [0.15, 0.2) is 12.3 Å². The number of nitrogens with one attached hydrogen (secondary N) is 1. The molecule has 0 amide bonds. The molecule has 3 nitrogen and oxygen atoms in total. The minimum Gasteiger partial charge on any atom is -0.489 e. The molecule has 0 unspecified atom stereocenters. The van der Waals surface area contributed by atoms with Gasteiger partial charge in [0.2, 0.25) is 0 Å². The second kappa shape index (κ2) is 6.25. The lowest BCUT2D eigenvalue weighted by molar-refractivity contribution is -0.0100. The van der Waals surface area contributed by atoms with Crippen molar-refractivity contribution in [2.45, 2.75) is 45.8 Å². The maximum atomic E-state index is 9.29. The first-order valence-electron chi connectivity index (χ1n) is 6.86. The van der Waals surface area contributed by atoms with Gasteiger partial charge in [-0.1, -0.05) is 37.0 Å². The molecule has 0 spiro atoms. The van der Waals surface area contributed by atoms with Crippen molar-refractivity contribution in [3.05, 3.63) is 27.9 Å². The highest BCUT2D eigenvalue weighted by molar-refractivity contribution is 6.45. The summed E-state index contributed by atoms with van der Waals surface area (Å²) in [5.74, 6) is 0.732. The molecule has 1 aliphatic rings. The van der Waals surface area contributed by atoms with Crippen LogP contribution in [0.4, 0.5) is 0 Å². The number of H-pyrrole nitrogens is 1. The van der Waals surface area contributed by atoms with E-state index in [0.29, 0.717) is 22.9 Å². The third kappa shape index (κ3) is 2.76. The number of hydrogen-bond acceptors (Lipinski definition) is 2. The minimum atomic E-state index is -0.236. The summed E-state index contributed by atoms with van der Waals surface area (Å²) in [4.78, 5) is 3.11. The molecule has 0 saturated heterocycles. The van der Waals surface area contributed by atoms with Crippen molar-refractivity contribution in [1.29, 1.82) is 0 Å². The number of halogens is 2.